The number of hydrogen-bond acceptors (Lipinski definition) is 2. The summed E-state index contributed by atoms with van der Waals surface area (Å²) in [5.41, 5.74) is 0.163. The normalized spacial score (nSPS) is 40.8. The van der Waals surface area contributed by atoms with Crippen LogP contribution >= 0.6 is 0 Å². The fraction of sp³-hybridized carbons (Fsp3) is 1.00. The molecule has 2 rings (SSSR count). The maximum absolute atomic E-state index is 5.51. The molecular formula is C8H14O2. The van der Waals surface area contributed by atoms with Crippen LogP contribution in [0.5, 0.6) is 0 Å². The molecule has 0 N–H and O–H groups in total. The number of rotatable bonds is 0. The highest BCUT2D eigenvalue weighted by atomic mass is 16.6. The molecule has 2 aliphatic heterocycles. The Hall–Kier alpha value is -0.0800. The summed E-state index contributed by atoms with van der Waals surface area (Å²) in [4.78, 5) is 0. The van der Waals surface area contributed by atoms with Crippen molar-refractivity contribution in [3.63, 3.8) is 0 Å². The van der Waals surface area contributed by atoms with Crippen molar-refractivity contribution in [2.75, 3.05) is 19.8 Å². The van der Waals surface area contributed by atoms with Gasteiger partial charge in [0.15, 0.2) is 0 Å². The van der Waals surface area contributed by atoms with E-state index in [4.69, 9.17) is 9.47 Å². The molecule has 2 heteroatoms. The molecular weight excluding hydrogens is 128 g/mol. The van der Waals surface area contributed by atoms with Crippen molar-refractivity contribution in [3.8, 4) is 0 Å². The van der Waals surface area contributed by atoms with Gasteiger partial charge in [-0.1, -0.05) is 0 Å². The number of ether oxygens (including phenoxy) is 2. The van der Waals surface area contributed by atoms with E-state index in [1.54, 1.807) is 0 Å². The predicted octanol–water partition coefficient (Wildman–Crippen LogP) is 1.35. The fourth-order valence-electron chi connectivity index (χ4n) is 1.68. The van der Waals surface area contributed by atoms with Crippen LogP contribution in [0.4, 0.5) is 0 Å². The first-order chi connectivity index (χ1) is 4.91. The third kappa shape index (κ3) is 1.06. The van der Waals surface area contributed by atoms with Crippen molar-refractivity contribution in [2.45, 2.75) is 31.3 Å². The molecule has 0 aromatic heterocycles. The van der Waals surface area contributed by atoms with Crippen LogP contribution in [-0.4, -0.2) is 25.4 Å². The van der Waals surface area contributed by atoms with E-state index in [0.717, 1.165) is 19.8 Å². The van der Waals surface area contributed by atoms with Crippen LogP contribution in [-0.2, 0) is 9.47 Å². The van der Waals surface area contributed by atoms with E-state index < -0.39 is 0 Å². The van der Waals surface area contributed by atoms with Gasteiger partial charge in [0.25, 0.3) is 0 Å². The zero-order valence-electron chi connectivity index (χ0n) is 6.27. The van der Waals surface area contributed by atoms with Crippen LogP contribution in [0.15, 0.2) is 0 Å². The minimum absolute atomic E-state index is 0.163. The van der Waals surface area contributed by atoms with Gasteiger partial charge in [0.05, 0.1) is 18.8 Å². The van der Waals surface area contributed by atoms with Crippen LogP contribution in [0.2, 0.25) is 0 Å². The van der Waals surface area contributed by atoms with Crippen LogP contribution in [0.3, 0.4) is 0 Å². The SMILES string of the molecule is C1CCC2(CCO2)COC1. The average molecular weight is 142 g/mol. The second kappa shape index (κ2) is 2.51. The summed E-state index contributed by atoms with van der Waals surface area (Å²) in [5.74, 6) is 0. The molecule has 10 heavy (non-hydrogen) atoms. The Morgan fingerprint density at radius 2 is 1.90 bits per heavy atom. The molecule has 0 aromatic carbocycles. The first-order valence-corrected chi connectivity index (χ1v) is 4.13. The number of hydrogen-bond donors (Lipinski definition) is 0. The van der Waals surface area contributed by atoms with Crippen molar-refractivity contribution in [3.05, 3.63) is 0 Å². The van der Waals surface area contributed by atoms with Crippen molar-refractivity contribution in [1.29, 1.82) is 0 Å². The minimum atomic E-state index is 0.163. The first kappa shape index (κ1) is 6.62. The van der Waals surface area contributed by atoms with Crippen molar-refractivity contribution >= 4 is 0 Å². The quantitative estimate of drug-likeness (QED) is 0.508. The van der Waals surface area contributed by atoms with Gasteiger partial charge in [0.1, 0.15) is 0 Å². The summed E-state index contributed by atoms with van der Waals surface area (Å²) < 4.78 is 10.9. The predicted molar refractivity (Wildman–Crippen MR) is 38.0 cm³/mol. The Balaban J connectivity index is 1.92. The molecule has 1 atom stereocenters. The van der Waals surface area contributed by atoms with E-state index in [-0.39, 0.29) is 5.60 Å². The van der Waals surface area contributed by atoms with Gasteiger partial charge in [-0.25, -0.2) is 0 Å². The van der Waals surface area contributed by atoms with Gasteiger partial charge in [-0.2, -0.15) is 0 Å². The molecule has 0 aliphatic carbocycles. The zero-order valence-corrected chi connectivity index (χ0v) is 6.27. The van der Waals surface area contributed by atoms with Crippen LogP contribution in [0.1, 0.15) is 25.7 Å². The van der Waals surface area contributed by atoms with Crippen LogP contribution in [0.25, 0.3) is 0 Å². The van der Waals surface area contributed by atoms with E-state index in [2.05, 4.69) is 0 Å². The van der Waals surface area contributed by atoms with Crippen molar-refractivity contribution in [1.82, 2.24) is 0 Å². The lowest BCUT2D eigenvalue weighted by atomic mass is 9.90. The standard InChI is InChI=1S/C8H14O2/c1-2-5-9-7-8(3-1)4-6-10-8/h1-7H2. The van der Waals surface area contributed by atoms with Crippen molar-refractivity contribution in [2.24, 2.45) is 0 Å². The minimum Gasteiger partial charge on any atom is -0.378 e. The maximum Gasteiger partial charge on any atom is 0.0936 e. The second-order valence-electron chi connectivity index (χ2n) is 3.29. The van der Waals surface area contributed by atoms with Gasteiger partial charge in [0.2, 0.25) is 0 Å². The molecule has 0 amide bonds. The maximum atomic E-state index is 5.51. The summed E-state index contributed by atoms with van der Waals surface area (Å²) >= 11 is 0. The Morgan fingerprint density at radius 3 is 2.60 bits per heavy atom. The Labute approximate surface area is 61.5 Å². The summed E-state index contributed by atoms with van der Waals surface area (Å²) in [5, 5.41) is 0. The lowest BCUT2D eigenvalue weighted by Crippen LogP contribution is -2.46. The van der Waals surface area contributed by atoms with Crippen molar-refractivity contribution < 1.29 is 9.47 Å². The van der Waals surface area contributed by atoms with Gasteiger partial charge in [-0.3, -0.25) is 0 Å². The monoisotopic (exact) mass is 142 g/mol. The Kier molecular flexibility index (Phi) is 1.66. The van der Waals surface area contributed by atoms with E-state index in [1.165, 1.54) is 25.7 Å². The molecule has 58 valence electrons. The smallest absolute Gasteiger partial charge is 0.0936 e. The summed E-state index contributed by atoms with van der Waals surface area (Å²) in [6.07, 6.45) is 4.92. The highest BCUT2D eigenvalue weighted by Crippen LogP contribution is 2.33. The molecule has 0 radical (unpaired) electrons. The molecule has 0 saturated carbocycles. The van der Waals surface area contributed by atoms with Gasteiger partial charge in [-0.05, 0) is 19.3 Å². The van der Waals surface area contributed by atoms with Crippen LogP contribution in [0, 0.1) is 0 Å². The lowest BCUT2D eigenvalue weighted by Gasteiger charge is -2.40. The fourth-order valence-corrected chi connectivity index (χ4v) is 1.68. The highest BCUT2D eigenvalue weighted by molar-refractivity contribution is 4.88. The van der Waals surface area contributed by atoms with E-state index >= 15 is 0 Å². The van der Waals surface area contributed by atoms with Gasteiger partial charge in [0, 0.05) is 13.0 Å². The summed E-state index contributed by atoms with van der Waals surface area (Å²) in [7, 11) is 0. The second-order valence-corrected chi connectivity index (χ2v) is 3.29. The van der Waals surface area contributed by atoms with Gasteiger partial charge in [-0.15, -0.1) is 0 Å². The first-order valence-electron chi connectivity index (χ1n) is 4.13. The molecule has 2 nitrogen and oxygen atoms in total. The molecule has 2 saturated heterocycles. The molecule has 2 aliphatic rings. The van der Waals surface area contributed by atoms with E-state index in [1.807, 2.05) is 0 Å². The Morgan fingerprint density at radius 1 is 1.00 bits per heavy atom. The average Bonchev–Trinajstić information content (AvgIpc) is 2.08. The van der Waals surface area contributed by atoms with E-state index in [9.17, 15) is 0 Å². The topological polar surface area (TPSA) is 18.5 Å². The molecule has 2 heterocycles. The molecule has 2 fully saturated rings. The van der Waals surface area contributed by atoms with E-state index in [0.29, 0.717) is 0 Å². The molecule has 1 spiro atoms. The zero-order chi connectivity index (χ0) is 6.86. The highest BCUT2D eigenvalue weighted by Gasteiger charge is 2.38. The molecule has 1 unspecified atom stereocenters. The third-order valence-corrected chi connectivity index (χ3v) is 2.50. The third-order valence-electron chi connectivity index (χ3n) is 2.50. The van der Waals surface area contributed by atoms with Gasteiger partial charge < -0.3 is 9.47 Å². The molecule has 0 aromatic rings. The van der Waals surface area contributed by atoms with Crippen LogP contribution < -0.4 is 0 Å². The molecule has 0 bridgehead atoms. The van der Waals surface area contributed by atoms with Gasteiger partial charge >= 0.3 is 0 Å². The summed E-state index contributed by atoms with van der Waals surface area (Å²) in [6.45, 7) is 2.72. The largest absolute Gasteiger partial charge is 0.378 e. The summed E-state index contributed by atoms with van der Waals surface area (Å²) in [6, 6.07) is 0. The lowest BCUT2D eigenvalue weighted by molar-refractivity contribution is -0.177. The Bertz CT molecular complexity index is 108.